The summed E-state index contributed by atoms with van der Waals surface area (Å²) < 4.78 is 2.05. The summed E-state index contributed by atoms with van der Waals surface area (Å²) >= 11 is 1.80. The number of rotatable bonds is 6. The second-order valence-electron chi connectivity index (χ2n) is 7.42. The molecule has 1 aliphatic heterocycles. The van der Waals surface area contributed by atoms with Gasteiger partial charge in [-0.15, -0.1) is 11.3 Å². The van der Waals surface area contributed by atoms with Crippen molar-refractivity contribution in [3.05, 3.63) is 34.0 Å². The van der Waals surface area contributed by atoms with Gasteiger partial charge in [-0.3, -0.25) is 4.99 Å². The fourth-order valence-electron chi connectivity index (χ4n) is 3.16. The predicted octanol–water partition coefficient (Wildman–Crippen LogP) is 2.75. The highest BCUT2D eigenvalue weighted by atomic mass is 32.1. The number of hydrogen-bond donors (Lipinski definition) is 2. The summed E-state index contributed by atoms with van der Waals surface area (Å²) in [5.74, 6) is 2.95. The standard InChI is InChI=1S/C19H30N6S/c1-5-16-23-17-10-9-14(12-25(17)24-16)22-18(20-6-2)21-13-19(3,4)15-8-7-11-26-15/h7-8,11,14H,5-6,9-10,12-13H2,1-4H3,(H2,20,21,22). The molecular weight excluding hydrogens is 344 g/mol. The number of fused-ring (bicyclic) bond motifs is 1. The third-order valence-electron chi connectivity index (χ3n) is 4.72. The lowest BCUT2D eigenvalue weighted by atomic mass is 9.92. The first-order valence-electron chi connectivity index (χ1n) is 9.53. The number of nitrogens with one attached hydrogen (secondary N) is 2. The molecule has 0 aliphatic carbocycles. The Morgan fingerprint density at radius 1 is 1.42 bits per heavy atom. The average molecular weight is 375 g/mol. The van der Waals surface area contributed by atoms with Crippen molar-refractivity contribution in [3.8, 4) is 0 Å². The lowest BCUT2D eigenvalue weighted by Crippen LogP contribution is -2.47. The summed E-state index contributed by atoms with van der Waals surface area (Å²) in [5, 5.41) is 13.7. The normalized spacial score (nSPS) is 17.8. The molecule has 6 nitrogen and oxygen atoms in total. The van der Waals surface area contributed by atoms with E-state index in [-0.39, 0.29) is 5.41 Å². The van der Waals surface area contributed by atoms with E-state index in [0.717, 1.165) is 56.5 Å². The Morgan fingerprint density at radius 2 is 2.27 bits per heavy atom. The maximum Gasteiger partial charge on any atom is 0.191 e. The molecule has 2 N–H and O–H groups in total. The molecule has 0 radical (unpaired) electrons. The van der Waals surface area contributed by atoms with E-state index in [4.69, 9.17) is 4.99 Å². The Kier molecular flexibility index (Phi) is 5.96. The highest BCUT2D eigenvalue weighted by Gasteiger charge is 2.24. The minimum absolute atomic E-state index is 0.0399. The quantitative estimate of drug-likeness (QED) is 0.603. The minimum Gasteiger partial charge on any atom is -0.357 e. The van der Waals surface area contributed by atoms with Gasteiger partial charge in [0.25, 0.3) is 0 Å². The van der Waals surface area contributed by atoms with E-state index >= 15 is 0 Å². The highest BCUT2D eigenvalue weighted by molar-refractivity contribution is 7.10. The molecule has 7 heteroatoms. The summed E-state index contributed by atoms with van der Waals surface area (Å²) in [6.07, 6.45) is 2.91. The molecule has 26 heavy (non-hydrogen) atoms. The van der Waals surface area contributed by atoms with Crippen molar-refractivity contribution in [2.45, 2.75) is 65.0 Å². The van der Waals surface area contributed by atoms with Crippen molar-refractivity contribution in [1.82, 2.24) is 25.4 Å². The van der Waals surface area contributed by atoms with Crippen LogP contribution >= 0.6 is 11.3 Å². The Hall–Kier alpha value is -1.89. The van der Waals surface area contributed by atoms with Gasteiger partial charge in [-0.05, 0) is 24.8 Å². The molecule has 2 aromatic heterocycles. The molecule has 0 bridgehead atoms. The number of guanidine groups is 1. The van der Waals surface area contributed by atoms with Crippen LogP contribution in [0.2, 0.25) is 0 Å². The summed E-state index contributed by atoms with van der Waals surface area (Å²) in [7, 11) is 0. The van der Waals surface area contributed by atoms with E-state index < -0.39 is 0 Å². The van der Waals surface area contributed by atoms with E-state index in [1.165, 1.54) is 4.88 Å². The van der Waals surface area contributed by atoms with E-state index in [9.17, 15) is 0 Å². The van der Waals surface area contributed by atoms with Crippen LogP contribution in [-0.2, 0) is 24.8 Å². The average Bonchev–Trinajstić information content (AvgIpc) is 3.29. The van der Waals surface area contributed by atoms with Crippen molar-refractivity contribution in [3.63, 3.8) is 0 Å². The van der Waals surface area contributed by atoms with Gasteiger partial charge in [-0.1, -0.05) is 26.8 Å². The van der Waals surface area contributed by atoms with Crippen LogP contribution in [0.3, 0.4) is 0 Å². The molecule has 0 amide bonds. The van der Waals surface area contributed by atoms with Gasteiger partial charge < -0.3 is 10.6 Å². The van der Waals surface area contributed by atoms with Gasteiger partial charge in [-0.25, -0.2) is 9.67 Å². The topological polar surface area (TPSA) is 67.1 Å². The molecule has 0 saturated heterocycles. The van der Waals surface area contributed by atoms with Crippen molar-refractivity contribution in [1.29, 1.82) is 0 Å². The number of nitrogens with zero attached hydrogens (tertiary/aromatic N) is 4. The number of aromatic nitrogens is 3. The first kappa shape index (κ1) is 18.9. The molecule has 0 saturated carbocycles. The van der Waals surface area contributed by atoms with Gasteiger partial charge >= 0.3 is 0 Å². The third kappa shape index (κ3) is 4.44. The maximum absolute atomic E-state index is 4.87. The first-order valence-corrected chi connectivity index (χ1v) is 10.4. The van der Waals surface area contributed by atoms with Crippen LogP contribution < -0.4 is 10.6 Å². The molecule has 1 unspecified atom stereocenters. The molecule has 142 valence electrons. The second-order valence-corrected chi connectivity index (χ2v) is 8.36. The number of hydrogen-bond acceptors (Lipinski definition) is 4. The van der Waals surface area contributed by atoms with Gasteiger partial charge in [0.2, 0.25) is 0 Å². The zero-order chi connectivity index (χ0) is 18.6. The van der Waals surface area contributed by atoms with Crippen LogP contribution in [0.1, 0.15) is 50.6 Å². The minimum atomic E-state index is 0.0399. The number of aryl methyl sites for hydroxylation is 2. The smallest absolute Gasteiger partial charge is 0.191 e. The molecule has 1 aliphatic rings. The van der Waals surface area contributed by atoms with Crippen molar-refractivity contribution in [2.24, 2.45) is 4.99 Å². The second kappa shape index (κ2) is 8.20. The number of aliphatic imine (C=N–C) groups is 1. The van der Waals surface area contributed by atoms with Crippen LogP contribution in [0.15, 0.2) is 22.5 Å². The summed E-state index contributed by atoms with van der Waals surface area (Å²) in [6.45, 7) is 11.2. The van der Waals surface area contributed by atoms with E-state index in [1.54, 1.807) is 11.3 Å². The summed E-state index contributed by atoms with van der Waals surface area (Å²) in [5.41, 5.74) is 0.0399. The van der Waals surface area contributed by atoms with Gasteiger partial charge in [-0.2, -0.15) is 5.10 Å². The lowest BCUT2D eigenvalue weighted by Gasteiger charge is -2.26. The van der Waals surface area contributed by atoms with E-state index in [2.05, 4.69) is 70.6 Å². The zero-order valence-corrected chi connectivity index (χ0v) is 17.1. The predicted molar refractivity (Wildman–Crippen MR) is 108 cm³/mol. The molecule has 2 aromatic rings. The fraction of sp³-hybridized carbons (Fsp3) is 0.632. The van der Waals surface area contributed by atoms with Crippen LogP contribution in [0.5, 0.6) is 0 Å². The molecule has 0 aromatic carbocycles. The SMILES string of the molecule is CCNC(=NCC(C)(C)c1cccs1)NC1CCc2nc(CC)nn2C1. The summed E-state index contributed by atoms with van der Waals surface area (Å²) in [6, 6.07) is 4.63. The van der Waals surface area contributed by atoms with Crippen molar-refractivity contribution >= 4 is 17.3 Å². The Balaban J connectivity index is 1.65. The monoisotopic (exact) mass is 374 g/mol. The molecule has 3 heterocycles. The zero-order valence-electron chi connectivity index (χ0n) is 16.2. The van der Waals surface area contributed by atoms with E-state index in [1.807, 2.05) is 0 Å². The van der Waals surface area contributed by atoms with Gasteiger partial charge in [0.1, 0.15) is 5.82 Å². The van der Waals surface area contributed by atoms with Crippen LogP contribution in [0, 0.1) is 0 Å². The lowest BCUT2D eigenvalue weighted by molar-refractivity contribution is 0.391. The fourth-order valence-corrected chi connectivity index (χ4v) is 4.00. The van der Waals surface area contributed by atoms with Crippen molar-refractivity contribution in [2.75, 3.05) is 13.1 Å². The Bertz CT molecular complexity index is 731. The van der Waals surface area contributed by atoms with Gasteiger partial charge in [0, 0.05) is 35.7 Å². The maximum atomic E-state index is 4.87. The molecule has 0 fully saturated rings. The van der Waals surface area contributed by atoms with Crippen LogP contribution in [0.25, 0.3) is 0 Å². The molecular formula is C19H30N6S. The molecule has 3 rings (SSSR count). The number of thiophene rings is 1. The highest BCUT2D eigenvalue weighted by Crippen LogP contribution is 2.27. The summed E-state index contributed by atoms with van der Waals surface area (Å²) in [4.78, 5) is 10.8. The van der Waals surface area contributed by atoms with E-state index in [0.29, 0.717) is 6.04 Å². The third-order valence-corrected chi connectivity index (χ3v) is 5.96. The van der Waals surface area contributed by atoms with Gasteiger partial charge in [0.15, 0.2) is 11.8 Å². The first-order chi connectivity index (χ1) is 12.5. The van der Waals surface area contributed by atoms with Crippen LogP contribution in [-0.4, -0.2) is 39.9 Å². The molecule has 0 spiro atoms. The molecule has 1 atom stereocenters. The largest absolute Gasteiger partial charge is 0.357 e. The van der Waals surface area contributed by atoms with Crippen molar-refractivity contribution < 1.29 is 0 Å². The Morgan fingerprint density at radius 3 is 2.96 bits per heavy atom. The van der Waals surface area contributed by atoms with Crippen LogP contribution in [0.4, 0.5) is 0 Å². The Labute approximate surface area is 160 Å². The van der Waals surface area contributed by atoms with Gasteiger partial charge in [0.05, 0.1) is 13.1 Å².